The molecule has 0 spiro atoms. The lowest BCUT2D eigenvalue weighted by atomic mass is 10.2. The smallest absolute Gasteiger partial charge is 0.325 e. The van der Waals surface area contributed by atoms with E-state index in [1.165, 1.54) is 6.20 Å². The van der Waals surface area contributed by atoms with Crippen molar-refractivity contribution in [1.82, 2.24) is 19.9 Å². The summed E-state index contributed by atoms with van der Waals surface area (Å²) in [7, 11) is 0. The average molecular weight is 372 g/mol. The molecular formula is C18H18ClN5O2. The number of fused-ring (bicyclic) bond motifs is 1. The van der Waals surface area contributed by atoms with Gasteiger partial charge in [0, 0.05) is 32.4 Å². The molecule has 0 unspecified atom stereocenters. The quantitative estimate of drug-likeness (QED) is 0.723. The molecular weight excluding hydrogens is 354 g/mol. The number of carbonyl (C=O) groups is 1. The van der Waals surface area contributed by atoms with Crippen LogP contribution in [0.3, 0.4) is 0 Å². The summed E-state index contributed by atoms with van der Waals surface area (Å²) in [5, 5.41) is 0.721. The van der Waals surface area contributed by atoms with E-state index in [1.807, 2.05) is 29.2 Å². The maximum atomic E-state index is 12.9. The summed E-state index contributed by atoms with van der Waals surface area (Å²) in [5.74, 6) is -0.0811. The number of hydrogen-bond donors (Lipinski definition) is 2. The Bertz CT molecular complexity index is 1010. The highest BCUT2D eigenvalue weighted by Crippen LogP contribution is 2.26. The number of pyridine rings is 1. The first-order chi connectivity index (χ1) is 12.6. The topological polar surface area (TPSA) is 85.1 Å². The second-order valence-corrected chi connectivity index (χ2v) is 6.69. The van der Waals surface area contributed by atoms with E-state index in [0.717, 1.165) is 23.7 Å². The third kappa shape index (κ3) is 3.17. The van der Waals surface area contributed by atoms with Gasteiger partial charge in [-0.25, -0.2) is 9.78 Å². The molecule has 2 N–H and O–H groups in total. The summed E-state index contributed by atoms with van der Waals surface area (Å²) in [6, 6.07) is 9.42. The van der Waals surface area contributed by atoms with Crippen molar-refractivity contribution in [2.45, 2.75) is 6.42 Å². The highest BCUT2D eigenvalue weighted by Gasteiger charge is 2.22. The number of imidazole rings is 1. The molecule has 0 saturated carbocycles. The van der Waals surface area contributed by atoms with Crippen LogP contribution in [0.5, 0.6) is 0 Å². The minimum absolute atomic E-state index is 0.0811. The Balaban J connectivity index is 1.51. The van der Waals surface area contributed by atoms with Crippen LogP contribution in [0.4, 0.5) is 5.69 Å². The number of benzene rings is 1. The summed E-state index contributed by atoms with van der Waals surface area (Å²) in [6.45, 7) is 2.83. The lowest BCUT2D eigenvalue weighted by Gasteiger charge is -2.24. The van der Waals surface area contributed by atoms with Gasteiger partial charge in [-0.05, 0) is 24.6 Å². The fraction of sp³-hybridized carbons (Fsp3) is 0.278. The van der Waals surface area contributed by atoms with Gasteiger partial charge in [0.25, 0.3) is 5.91 Å². The van der Waals surface area contributed by atoms with Crippen LogP contribution in [0, 0.1) is 0 Å². The molecule has 7 nitrogen and oxygen atoms in total. The zero-order chi connectivity index (χ0) is 18.1. The number of H-pyrrole nitrogens is 2. The molecule has 0 atom stereocenters. The van der Waals surface area contributed by atoms with Crippen molar-refractivity contribution in [3.63, 3.8) is 0 Å². The van der Waals surface area contributed by atoms with Crippen molar-refractivity contribution in [2.24, 2.45) is 0 Å². The van der Waals surface area contributed by atoms with E-state index in [0.29, 0.717) is 36.4 Å². The van der Waals surface area contributed by atoms with Crippen molar-refractivity contribution >= 4 is 34.4 Å². The van der Waals surface area contributed by atoms with E-state index in [4.69, 9.17) is 11.6 Å². The Hall–Kier alpha value is -2.80. The summed E-state index contributed by atoms with van der Waals surface area (Å²) in [4.78, 5) is 37.6. The molecule has 0 aliphatic carbocycles. The maximum Gasteiger partial charge on any atom is 0.325 e. The third-order valence-electron chi connectivity index (χ3n) is 4.59. The Morgan fingerprint density at radius 3 is 2.81 bits per heavy atom. The van der Waals surface area contributed by atoms with Gasteiger partial charge >= 0.3 is 5.69 Å². The second kappa shape index (κ2) is 6.84. The zero-order valence-corrected chi connectivity index (χ0v) is 14.8. The minimum Gasteiger partial charge on any atom is -0.368 e. The predicted octanol–water partition coefficient (Wildman–Crippen LogP) is 2.26. The number of hydrogen-bond acceptors (Lipinski definition) is 4. The van der Waals surface area contributed by atoms with Gasteiger partial charge in [-0.2, -0.15) is 0 Å². The Kier molecular flexibility index (Phi) is 4.38. The number of aromatic amines is 2. The van der Waals surface area contributed by atoms with E-state index in [2.05, 4.69) is 19.9 Å². The van der Waals surface area contributed by atoms with Gasteiger partial charge < -0.3 is 14.8 Å². The van der Waals surface area contributed by atoms with Crippen molar-refractivity contribution in [3.05, 3.63) is 57.6 Å². The number of anilines is 1. The number of nitrogens with one attached hydrogen (secondary N) is 2. The van der Waals surface area contributed by atoms with Crippen molar-refractivity contribution in [1.29, 1.82) is 0 Å². The lowest BCUT2D eigenvalue weighted by Crippen LogP contribution is -2.35. The molecule has 0 bridgehead atoms. The van der Waals surface area contributed by atoms with Crippen LogP contribution in [-0.4, -0.2) is 51.9 Å². The number of carbonyl (C=O) groups excluding carboxylic acids is 1. The SMILES string of the molecule is O=C(c1cnc2[nH]c(=O)[nH]c2c1)N1CCCN(c2ccccc2Cl)CC1. The zero-order valence-electron chi connectivity index (χ0n) is 14.0. The molecule has 0 radical (unpaired) electrons. The summed E-state index contributed by atoms with van der Waals surface area (Å²) >= 11 is 6.30. The molecule has 8 heteroatoms. The van der Waals surface area contributed by atoms with Crippen LogP contribution in [0.1, 0.15) is 16.8 Å². The Morgan fingerprint density at radius 1 is 1.12 bits per heavy atom. The Labute approximate surface area is 154 Å². The van der Waals surface area contributed by atoms with Crippen molar-refractivity contribution in [2.75, 3.05) is 31.1 Å². The largest absolute Gasteiger partial charge is 0.368 e. The van der Waals surface area contributed by atoms with Crippen LogP contribution < -0.4 is 10.6 Å². The number of rotatable bonds is 2. The summed E-state index contributed by atoms with van der Waals surface area (Å²) < 4.78 is 0. The van der Waals surface area contributed by atoms with Gasteiger partial charge in [-0.1, -0.05) is 23.7 Å². The van der Waals surface area contributed by atoms with Gasteiger partial charge in [0.05, 0.1) is 21.8 Å². The van der Waals surface area contributed by atoms with Gasteiger partial charge in [0.2, 0.25) is 0 Å². The van der Waals surface area contributed by atoms with Gasteiger partial charge in [0.1, 0.15) is 0 Å². The third-order valence-corrected chi connectivity index (χ3v) is 4.91. The number of halogens is 1. The van der Waals surface area contributed by atoms with Crippen LogP contribution in [0.2, 0.25) is 5.02 Å². The molecule has 1 amide bonds. The van der Waals surface area contributed by atoms with Crippen LogP contribution in [0.25, 0.3) is 11.2 Å². The highest BCUT2D eigenvalue weighted by molar-refractivity contribution is 6.33. The van der Waals surface area contributed by atoms with E-state index >= 15 is 0 Å². The van der Waals surface area contributed by atoms with Crippen LogP contribution in [0.15, 0.2) is 41.3 Å². The molecule has 2 aromatic heterocycles. The van der Waals surface area contributed by atoms with E-state index < -0.39 is 0 Å². The summed E-state index contributed by atoms with van der Waals surface area (Å²) in [6.07, 6.45) is 2.36. The van der Waals surface area contributed by atoms with E-state index in [9.17, 15) is 9.59 Å². The van der Waals surface area contributed by atoms with Crippen LogP contribution >= 0.6 is 11.6 Å². The first kappa shape index (κ1) is 16.7. The number of para-hydroxylation sites is 1. The maximum absolute atomic E-state index is 12.9. The predicted molar refractivity (Wildman–Crippen MR) is 101 cm³/mol. The fourth-order valence-electron chi connectivity index (χ4n) is 3.29. The van der Waals surface area contributed by atoms with Crippen molar-refractivity contribution < 1.29 is 4.79 Å². The molecule has 3 aromatic rings. The first-order valence-corrected chi connectivity index (χ1v) is 8.86. The minimum atomic E-state index is -0.331. The van der Waals surface area contributed by atoms with Gasteiger partial charge in [-0.15, -0.1) is 0 Å². The second-order valence-electron chi connectivity index (χ2n) is 6.28. The molecule has 1 saturated heterocycles. The number of amides is 1. The molecule has 1 aliphatic heterocycles. The monoisotopic (exact) mass is 371 g/mol. The summed E-state index contributed by atoms with van der Waals surface area (Å²) in [5.41, 5.74) is 2.12. The molecule has 1 fully saturated rings. The average Bonchev–Trinajstić information content (AvgIpc) is 2.85. The lowest BCUT2D eigenvalue weighted by molar-refractivity contribution is 0.0767. The van der Waals surface area contributed by atoms with Gasteiger partial charge in [-0.3, -0.25) is 9.78 Å². The normalized spacial score (nSPS) is 15.3. The molecule has 3 heterocycles. The van der Waals surface area contributed by atoms with Gasteiger partial charge in [0.15, 0.2) is 5.65 Å². The van der Waals surface area contributed by atoms with E-state index in [1.54, 1.807) is 6.07 Å². The van der Waals surface area contributed by atoms with E-state index in [-0.39, 0.29) is 11.6 Å². The number of nitrogens with zero attached hydrogens (tertiary/aromatic N) is 3. The molecule has 1 aliphatic rings. The standard InChI is InChI=1S/C18H18ClN5O2/c19-13-4-1-2-5-15(13)23-6-3-7-24(9-8-23)17(25)12-10-14-16(20-11-12)22-18(26)21-14/h1-2,4-5,10-11H,3,6-9H2,(H2,20,21,22,26). The molecule has 4 rings (SSSR count). The first-order valence-electron chi connectivity index (χ1n) is 8.48. The Morgan fingerprint density at radius 2 is 1.96 bits per heavy atom. The molecule has 134 valence electrons. The van der Waals surface area contributed by atoms with Crippen molar-refractivity contribution in [3.8, 4) is 0 Å². The van der Waals surface area contributed by atoms with Crippen LogP contribution in [-0.2, 0) is 0 Å². The number of aromatic nitrogens is 3. The highest BCUT2D eigenvalue weighted by atomic mass is 35.5. The molecule has 26 heavy (non-hydrogen) atoms. The fourth-order valence-corrected chi connectivity index (χ4v) is 3.55. The molecule has 1 aromatic carbocycles.